The summed E-state index contributed by atoms with van der Waals surface area (Å²) >= 11 is 23.4. The minimum absolute atomic E-state index is 0.100. The number of amides is 1. The molecule has 26 heavy (non-hydrogen) atoms. The Morgan fingerprint density at radius 3 is 2.58 bits per heavy atom. The molecule has 2 aromatic carbocycles. The minimum atomic E-state index is -0.306. The predicted octanol–water partition coefficient (Wildman–Crippen LogP) is 5.32. The summed E-state index contributed by atoms with van der Waals surface area (Å²) in [5.41, 5.74) is 2.64. The molecule has 0 aliphatic heterocycles. The van der Waals surface area contributed by atoms with Gasteiger partial charge in [-0.05, 0) is 36.8 Å². The van der Waals surface area contributed by atoms with Gasteiger partial charge in [0.15, 0.2) is 0 Å². The summed E-state index contributed by atoms with van der Waals surface area (Å²) in [4.78, 5) is 11.7. The summed E-state index contributed by atoms with van der Waals surface area (Å²) in [5.74, 6) is 0.0322. The van der Waals surface area contributed by atoms with E-state index in [-0.39, 0.29) is 23.1 Å². The zero-order valence-electron chi connectivity index (χ0n) is 13.3. The SMILES string of the molecule is O=C(CCCOc1ccc(Cl)cc1Cl)NN=Cc1cc(Cl)cc(Cl)c1O. The zero-order valence-corrected chi connectivity index (χ0v) is 16.3. The standard InChI is InChI=1S/C17H14Cl4N2O3/c18-11-3-4-15(13(20)7-11)26-5-1-2-16(24)23-22-9-10-6-12(19)8-14(21)17(10)25/h3-4,6-9,25H,1-2,5H2,(H,23,24). The third-order valence-corrected chi connectivity index (χ3v) is 4.19. The third kappa shape index (κ3) is 6.25. The molecule has 0 aliphatic rings. The average molecular weight is 436 g/mol. The molecule has 0 radical (unpaired) electrons. The number of rotatable bonds is 7. The molecule has 0 atom stereocenters. The van der Waals surface area contributed by atoms with Crippen LogP contribution in [0.3, 0.4) is 0 Å². The Labute approximate surface area is 170 Å². The summed E-state index contributed by atoms with van der Waals surface area (Å²) in [6.45, 7) is 0.309. The van der Waals surface area contributed by atoms with Crippen LogP contribution in [0, 0.1) is 0 Å². The smallest absolute Gasteiger partial charge is 0.240 e. The van der Waals surface area contributed by atoms with Crippen molar-refractivity contribution in [3.05, 3.63) is 56.0 Å². The first-order valence-corrected chi connectivity index (χ1v) is 8.96. The number of aromatic hydroxyl groups is 1. The van der Waals surface area contributed by atoms with Gasteiger partial charge in [-0.1, -0.05) is 46.4 Å². The Morgan fingerprint density at radius 2 is 1.85 bits per heavy atom. The van der Waals surface area contributed by atoms with Gasteiger partial charge in [-0.2, -0.15) is 5.10 Å². The molecule has 0 fully saturated rings. The molecule has 0 heterocycles. The number of ether oxygens (including phenoxy) is 1. The van der Waals surface area contributed by atoms with Gasteiger partial charge < -0.3 is 9.84 Å². The van der Waals surface area contributed by atoms with Gasteiger partial charge in [0.2, 0.25) is 5.91 Å². The Balaban J connectivity index is 1.75. The summed E-state index contributed by atoms with van der Waals surface area (Å²) in [6.07, 6.45) is 1.92. The van der Waals surface area contributed by atoms with Crippen LogP contribution in [0.5, 0.6) is 11.5 Å². The Morgan fingerprint density at radius 1 is 1.12 bits per heavy atom. The molecule has 0 aromatic heterocycles. The van der Waals surface area contributed by atoms with E-state index in [1.54, 1.807) is 18.2 Å². The molecule has 0 bridgehead atoms. The number of carbonyl (C=O) groups excluding carboxylic acids is 1. The average Bonchev–Trinajstić information content (AvgIpc) is 2.57. The minimum Gasteiger partial charge on any atom is -0.506 e. The van der Waals surface area contributed by atoms with Crippen LogP contribution in [0.4, 0.5) is 0 Å². The van der Waals surface area contributed by atoms with E-state index in [2.05, 4.69) is 10.5 Å². The van der Waals surface area contributed by atoms with Gasteiger partial charge in [0.05, 0.1) is 22.9 Å². The normalized spacial score (nSPS) is 10.9. The van der Waals surface area contributed by atoms with Crippen LogP contribution in [0.15, 0.2) is 35.4 Å². The van der Waals surface area contributed by atoms with Gasteiger partial charge in [-0.25, -0.2) is 5.43 Å². The van der Waals surface area contributed by atoms with Crippen molar-refractivity contribution in [2.75, 3.05) is 6.61 Å². The molecule has 138 valence electrons. The molecule has 0 aliphatic carbocycles. The molecule has 0 saturated carbocycles. The topological polar surface area (TPSA) is 70.9 Å². The number of phenols is 1. The Kier molecular flexibility index (Phi) is 7.85. The van der Waals surface area contributed by atoms with Gasteiger partial charge >= 0.3 is 0 Å². The van der Waals surface area contributed by atoms with Gasteiger partial charge in [0, 0.05) is 22.0 Å². The molecule has 2 N–H and O–H groups in total. The van der Waals surface area contributed by atoms with Crippen LogP contribution in [0.25, 0.3) is 0 Å². The lowest BCUT2D eigenvalue weighted by atomic mass is 10.2. The first-order chi connectivity index (χ1) is 12.4. The van der Waals surface area contributed by atoms with E-state index in [0.717, 1.165) is 0 Å². The fraction of sp³-hybridized carbons (Fsp3) is 0.176. The van der Waals surface area contributed by atoms with Crippen molar-refractivity contribution in [3.8, 4) is 11.5 Å². The number of hydrogen-bond acceptors (Lipinski definition) is 4. The molecule has 9 heteroatoms. The van der Waals surface area contributed by atoms with E-state index in [1.807, 2.05) is 0 Å². The Bertz CT molecular complexity index is 828. The van der Waals surface area contributed by atoms with E-state index in [9.17, 15) is 9.90 Å². The second kappa shape index (κ2) is 9.88. The second-order valence-electron chi connectivity index (χ2n) is 5.15. The lowest BCUT2D eigenvalue weighted by Crippen LogP contribution is -2.18. The number of carbonyl (C=O) groups is 1. The van der Waals surface area contributed by atoms with Crippen LogP contribution in [-0.4, -0.2) is 23.8 Å². The number of nitrogens with one attached hydrogen (secondary N) is 1. The van der Waals surface area contributed by atoms with Gasteiger partial charge in [0.25, 0.3) is 0 Å². The molecular weight excluding hydrogens is 422 g/mol. The fourth-order valence-electron chi connectivity index (χ4n) is 1.92. The monoisotopic (exact) mass is 434 g/mol. The third-order valence-electron chi connectivity index (χ3n) is 3.15. The number of halogens is 4. The van der Waals surface area contributed by atoms with E-state index in [0.29, 0.717) is 39.4 Å². The fourth-order valence-corrected chi connectivity index (χ4v) is 2.89. The number of phenolic OH excluding ortho intramolecular Hbond substituents is 1. The maximum atomic E-state index is 11.7. The largest absolute Gasteiger partial charge is 0.506 e. The highest BCUT2D eigenvalue weighted by atomic mass is 35.5. The maximum absolute atomic E-state index is 11.7. The molecule has 2 rings (SSSR count). The lowest BCUT2D eigenvalue weighted by Gasteiger charge is -2.07. The maximum Gasteiger partial charge on any atom is 0.240 e. The zero-order chi connectivity index (χ0) is 19.1. The highest BCUT2D eigenvalue weighted by molar-refractivity contribution is 6.36. The molecule has 0 saturated heterocycles. The van der Waals surface area contributed by atoms with E-state index >= 15 is 0 Å². The first-order valence-electron chi connectivity index (χ1n) is 7.44. The highest BCUT2D eigenvalue weighted by Crippen LogP contribution is 2.30. The molecule has 0 unspecified atom stereocenters. The van der Waals surface area contributed by atoms with Crippen LogP contribution in [-0.2, 0) is 4.79 Å². The van der Waals surface area contributed by atoms with Crippen molar-refractivity contribution in [3.63, 3.8) is 0 Å². The van der Waals surface area contributed by atoms with Crippen molar-refractivity contribution in [1.82, 2.24) is 5.43 Å². The summed E-state index contributed by atoms with van der Waals surface area (Å²) in [7, 11) is 0. The lowest BCUT2D eigenvalue weighted by molar-refractivity contribution is -0.121. The number of hydrogen-bond donors (Lipinski definition) is 2. The quantitative estimate of drug-likeness (QED) is 0.351. The van der Waals surface area contributed by atoms with Crippen molar-refractivity contribution in [2.24, 2.45) is 5.10 Å². The van der Waals surface area contributed by atoms with Crippen LogP contribution in [0.1, 0.15) is 18.4 Å². The second-order valence-corrected chi connectivity index (χ2v) is 6.83. The molecule has 1 amide bonds. The summed E-state index contributed by atoms with van der Waals surface area (Å²) in [5, 5.41) is 14.9. The first kappa shape index (κ1) is 20.6. The van der Waals surface area contributed by atoms with Crippen molar-refractivity contribution >= 4 is 58.5 Å². The van der Waals surface area contributed by atoms with Crippen LogP contribution in [0.2, 0.25) is 20.1 Å². The molecule has 5 nitrogen and oxygen atoms in total. The molecule has 0 spiro atoms. The predicted molar refractivity (Wildman–Crippen MR) is 105 cm³/mol. The Hall–Kier alpha value is -1.66. The van der Waals surface area contributed by atoms with Gasteiger partial charge in [0.1, 0.15) is 11.5 Å². The number of benzene rings is 2. The van der Waals surface area contributed by atoms with Gasteiger partial charge in [-0.15, -0.1) is 0 Å². The van der Waals surface area contributed by atoms with Crippen LogP contribution >= 0.6 is 46.4 Å². The number of nitrogens with zero attached hydrogens (tertiary/aromatic N) is 1. The van der Waals surface area contributed by atoms with Crippen molar-refractivity contribution in [2.45, 2.75) is 12.8 Å². The van der Waals surface area contributed by atoms with E-state index < -0.39 is 0 Å². The summed E-state index contributed by atoms with van der Waals surface area (Å²) < 4.78 is 5.49. The van der Waals surface area contributed by atoms with Crippen LogP contribution < -0.4 is 10.2 Å². The van der Waals surface area contributed by atoms with Crippen molar-refractivity contribution < 1.29 is 14.6 Å². The molecule has 2 aromatic rings. The van der Waals surface area contributed by atoms with E-state index in [4.69, 9.17) is 51.1 Å². The summed E-state index contributed by atoms with van der Waals surface area (Å²) in [6, 6.07) is 7.79. The van der Waals surface area contributed by atoms with Crippen molar-refractivity contribution in [1.29, 1.82) is 0 Å². The number of hydrazone groups is 1. The van der Waals surface area contributed by atoms with E-state index in [1.165, 1.54) is 18.3 Å². The molecular formula is C17H14Cl4N2O3. The van der Waals surface area contributed by atoms with Gasteiger partial charge in [-0.3, -0.25) is 4.79 Å². The highest BCUT2D eigenvalue weighted by Gasteiger charge is 2.07.